The van der Waals surface area contributed by atoms with Crippen LogP contribution >= 0.6 is 0 Å². The molecule has 2 nitrogen and oxygen atoms in total. The van der Waals surface area contributed by atoms with E-state index in [1.807, 2.05) is 0 Å². The van der Waals surface area contributed by atoms with E-state index >= 15 is 0 Å². The van der Waals surface area contributed by atoms with Gasteiger partial charge in [0.05, 0.1) is 6.10 Å². The Kier molecular flexibility index (Phi) is 3.82. The molecule has 2 atom stereocenters. The van der Waals surface area contributed by atoms with Gasteiger partial charge in [-0.3, -0.25) is 0 Å². The van der Waals surface area contributed by atoms with Gasteiger partial charge in [-0.25, -0.2) is 0 Å². The second kappa shape index (κ2) is 5.13. The number of rotatable bonds is 3. The van der Waals surface area contributed by atoms with Gasteiger partial charge in [0.25, 0.3) is 0 Å². The first-order chi connectivity index (χ1) is 6.88. The molecule has 82 valence electrons. The largest absolute Gasteiger partial charge is 0.378 e. The van der Waals surface area contributed by atoms with Crippen LogP contribution in [0.15, 0.2) is 0 Å². The fraction of sp³-hybridized carbons (Fsp3) is 1.00. The van der Waals surface area contributed by atoms with Crippen molar-refractivity contribution in [1.82, 2.24) is 5.32 Å². The summed E-state index contributed by atoms with van der Waals surface area (Å²) in [5.74, 6) is 0. The number of hydrogen-bond acceptors (Lipinski definition) is 2. The molecule has 0 radical (unpaired) electrons. The van der Waals surface area contributed by atoms with Crippen LogP contribution in [0.4, 0.5) is 0 Å². The molecule has 1 N–H and O–H groups in total. The van der Waals surface area contributed by atoms with Gasteiger partial charge in [-0.2, -0.15) is 0 Å². The molecule has 1 heterocycles. The van der Waals surface area contributed by atoms with Crippen LogP contribution < -0.4 is 5.32 Å². The number of hydrogen-bond donors (Lipinski definition) is 1. The van der Waals surface area contributed by atoms with Gasteiger partial charge in [-0.05, 0) is 32.1 Å². The van der Waals surface area contributed by atoms with Crippen LogP contribution in [-0.2, 0) is 4.74 Å². The molecule has 2 fully saturated rings. The van der Waals surface area contributed by atoms with Crippen molar-refractivity contribution in [2.24, 2.45) is 0 Å². The Morgan fingerprint density at radius 3 is 2.64 bits per heavy atom. The fourth-order valence-corrected chi connectivity index (χ4v) is 2.74. The molecule has 0 aromatic carbocycles. The molecule has 0 bridgehead atoms. The van der Waals surface area contributed by atoms with Gasteiger partial charge >= 0.3 is 0 Å². The highest BCUT2D eigenvalue weighted by Gasteiger charge is 2.24. The lowest BCUT2D eigenvalue weighted by atomic mass is 10.0. The van der Waals surface area contributed by atoms with Gasteiger partial charge in [-0.15, -0.1) is 0 Å². The van der Waals surface area contributed by atoms with E-state index in [0.29, 0.717) is 6.10 Å². The molecule has 0 aromatic rings. The summed E-state index contributed by atoms with van der Waals surface area (Å²) in [4.78, 5) is 0. The fourth-order valence-electron chi connectivity index (χ4n) is 2.74. The summed E-state index contributed by atoms with van der Waals surface area (Å²) in [6.07, 6.45) is 9.78. The lowest BCUT2D eigenvalue weighted by Crippen LogP contribution is -2.43. The minimum Gasteiger partial charge on any atom is -0.378 e. The van der Waals surface area contributed by atoms with Crippen LogP contribution in [0.25, 0.3) is 0 Å². The third-order valence-electron chi connectivity index (χ3n) is 3.65. The predicted octanol–water partition coefficient (Wildman–Crippen LogP) is 2.48. The van der Waals surface area contributed by atoms with Gasteiger partial charge in [0.15, 0.2) is 0 Å². The van der Waals surface area contributed by atoms with Crippen molar-refractivity contribution >= 4 is 0 Å². The van der Waals surface area contributed by atoms with Crippen molar-refractivity contribution in [2.75, 3.05) is 6.61 Å². The van der Waals surface area contributed by atoms with E-state index in [1.165, 1.54) is 44.9 Å². The topological polar surface area (TPSA) is 21.3 Å². The molecule has 1 saturated heterocycles. The predicted molar refractivity (Wildman–Crippen MR) is 58.4 cm³/mol. The van der Waals surface area contributed by atoms with E-state index in [2.05, 4.69) is 12.2 Å². The van der Waals surface area contributed by atoms with E-state index < -0.39 is 0 Å². The van der Waals surface area contributed by atoms with Crippen LogP contribution in [0.5, 0.6) is 0 Å². The Morgan fingerprint density at radius 1 is 1.14 bits per heavy atom. The molecule has 2 aliphatic rings. The third-order valence-corrected chi connectivity index (χ3v) is 3.65. The van der Waals surface area contributed by atoms with E-state index in [1.54, 1.807) is 0 Å². The van der Waals surface area contributed by atoms with Crippen molar-refractivity contribution in [3.63, 3.8) is 0 Å². The first-order valence-electron chi connectivity index (χ1n) is 6.26. The molecule has 0 spiro atoms. The standard InChI is InChI=1S/C12H23NO/c1-2-12-9-11(7-8-14-12)13-10-5-3-4-6-10/h10-13H,2-9H2,1H3. The van der Waals surface area contributed by atoms with Gasteiger partial charge in [0.2, 0.25) is 0 Å². The van der Waals surface area contributed by atoms with E-state index in [9.17, 15) is 0 Å². The molecular formula is C12H23NO. The quantitative estimate of drug-likeness (QED) is 0.750. The maximum Gasteiger partial charge on any atom is 0.0587 e. The minimum absolute atomic E-state index is 0.516. The Labute approximate surface area is 87.4 Å². The van der Waals surface area contributed by atoms with Crippen LogP contribution in [0.2, 0.25) is 0 Å². The summed E-state index contributed by atoms with van der Waals surface area (Å²) in [5, 5.41) is 3.80. The zero-order valence-corrected chi connectivity index (χ0v) is 9.30. The highest BCUT2D eigenvalue weighted by molar-refractivity contribution is 4.82. The van der Waals surface area contributed by atoms with Gasteiger partial charge in [-0.1, -0.05) is 19.8 Å². The van der Waals surface area contributed by atoms with Crippen molar-refractivity contribution in [3.8, 4) is 0 Å². The maximum atomic E-state index is 5.68. The summed E-state index contributed by atoms with van der Waals surface area (Å²) in [7, 11) is 0. The second-order valence-corrected chi connectivity index (χ2v) is 4.77. The summed E-state index contributed by atoms with van der Waals surface area (Å²) in [5.41, 5.74) is 0. The average Bonchev–Trinajstić information content (AvgIpc) is 2.71. The molecule has 2 heteroatoms. The molecule has 2 unspecified atom stereocenters. The van der Waals surface area contributed by atoms with Crippen LogP contribution in [0.3, 0.4) is 0 Å². The normalized spacial score (nSPS) is 34.9. The van der Waals surface area contributed by atoms with Crippen LogP contribution in [0.1, 0.15) is 51.9 Å². The molecule has 14 heavy (non-hydrogen) atoms. The smallest absolute Gasteiger partial charge is 0.0587 e. The van der Waals surface area contributed by atoms with E-state index in [-0.39, 0.29) is 0 Å². The average molecular weight is 197 g/mol. The highest BCUT2D eigenvalue weighted by Crippen LogP contribution is 2.22. The molecule has 2 rings (SSSR count). The Morgan fingerprint density at radius 2 is 1.93 bits per heavy atom. The van der Waals surface area contributed by atoms with Crippen molar-refractivity contribution in [3.05, 3.63) is 0 Å². The second-order valence-electron chi connectivity index (χ2n) is 4.77. The van der Waals surface area contributed by atoms with Gasteiger partial charge < -0.3 is 10.1 Å². The monoisotopic (exact) mass is 197 g/mol. The lowest BCUT2D eigenvalue weighted by molar-refractivity contribution is -0.00181. The Hall–Kier alpha value is -0.0800. The van der Waals surface area contributed by atoms with E-state index in [4.69, 9.17) is 4.74 Å². The minimum atomic E-state index is 0.516. The van der Waals surface area contributed by atoms with Crippen molar-refractivity contribution < 1.29 is 4.74 Å². The molecule has 1 aliphatic carbocycles. The third kappa shape index (κ3) is 2.71. The highest BCUT2D eigenvalue weighted by atomic mass is 16.5. The summed E-state index contributed by atoms with van der Waals surface area (Å²) >= 11 is 0. The zero-order valence-electron chi connectivity index (χ0n) is 9.30. The molecule has 0 amide bonds. The first kappa shape index (κ1) is 10.4. The zero-order chi connectivity index (χ0) is 9.80. The Bertz CT molecular complexity index is 166. The lowest BCUT2D eigenvalue weighted by Gasteiger charge is -2.31. The van der Waals surface area contributed by atoms with Gasteiger partial charge in [0.1, 0.15) is 0 Å². The molecule has 1 aliphatic heterocycles. The Balaban J connectivity index is 1.73. The SMILES string of the molecule is CCC1CC(NC2CCCC2)CCO1. The molecular weight excluding hydrogens is 174 g/mol. The molecule has 1 saturated carbocycles. The summed E-state index contributed by atoms with van der Waals surface area (Å²) in [6.45, 7) is 3.19. The van der Waals surface area contributed by atoms with Crippen LogP contribution in [-0.4, -0.2) is 24.8 Å². The van der Waals surface area contributed by atoms with Crippen LogP contribution in [0, 0.1) is 0 Å². The number of ether oxygens (including phenoxy) is 1. The first-order valence-corrected chi connectivity index (χ1v) is 6.26. The maximum absolute atomic E-state index is 5.68. The summed E-state index contributed by atoms with van der Waals surface area (Å²) < 4.78 is 5.68. The number of nitrogens with one attached hydrogen (secondary N) is 1. The molecule has 0 aromatic heterocycles. The van der Waals surface area contributed by atoms with Gasteiger partial charge in [0, 0.05) is 18.7 Å². The van der Waals surface area contributed by atoms with Crippen molar-refractivity contribution in [1.29, 1.82) is 0 Å². The van der Waals surface area contributed by atoms with E-state index in [0.717, 1.165) is 18.7 Å². The summed E-state index contributed by atoms with van der Waals surface area (Å²) in [6, 6.07) is 1.55. The van der Waals surface area contributed by atoms with Crippen molar-refractivity contribution in [2.45, 2.75) is 70.1 Å².